The fourth-order valence-electron chi connectivity index (χ4n) is 4.14. The number of nitrogens with one attached hydrogen (secondary N) is 1. The molecule has 120 valence electrons. The SMILES string of the molecule is O=C(CCC1CCNC1)N1CCC(CN2CCCC2)CC1. The molecule has 3 heterocycles. The molecule has 3 aliphatic heterocycles. The van der Waals surface area contributed by atoms with Gasteiger partial charge in [0.15, 0.2) is 0 Å². The van der Waals surface area contributed by atoms with Gasteiger partial charge in [-0.15, -0.1) is 0 Å². The molecule has 0 saturated carbocycles. The van der Waals surface area contributed by atoms with Crippen LogP contribution in [0.25, 0.3) is 0 Å². The molecular weight excluding hydrogens is 262 g/mol. The predicted octanol–water partition coefficient (Wildman–Crippen LogP) is 1.71. The summed E-state index contributed by atoms with van der Waals surface area (Å²) in [5.74, 6) is 1.97. The highest BCUT2D eigenvalue weighted by molar-refractivity contribution is 5.76. The third kappa shape index (κ3) is 4.43. The van der Waals surface area contributed by atoms with Crippen LogP contribution in [0.4, 0.5) is 0 Å². The highest BCUT2D eigenvalue weighted by Crippen LogP contribution is 2.22. The van der Waals surface area contributed by atoms with Gasteiger partial charge in [-0.3, -0.25) is 4.79 Å². The van der Waals surface area contributed by atoms with Crippen LogP contribution >= 0.6 is 0 Å². The zero-order valence-corrected chi connectivity index (χ0v) is 13.4. The van der Waals surface area contributed by atoms with E-state index in [2.05, 4.69) is 15.1 Å². The van der Waals surface area contributed by atoms with Gasteiger partial charge in [0.05, 0.1) is 0 Å². The Kier molecular flexibility index (Phi) is 5.53. The van der Waals surface area contributed by atoms with Crippen molar-refractivity contribution < 1.29 is 4.79 Å². The molecule has 3 aliphatic rings. The van der Waals surface area contributed by atoms with E-state index in [-0.39, 0.29) is 0 Å². The van der Waals surface area contributed by atoms with Crippen molar-refractivity contribution in [2.24, 2.45) is 11.8 Å². The van der Waals surface area contributed by atoms with E-state index in [1.165, 1.54) is 51.7 Å². The number of amides is 1. The number of hydrogen-bond donors (Lipinski definition) is 1. The van der Waals surface area contributed by atoms with Crippen molar-refractivity contribution in [3.63, 3.8) is 0 Å². The summed E-state index contributed by atoms with van der Waals surface area (Å²) in [6.07, 6.45) is 8.30. The van der Waals surface area contributed by atoms with Gasteiger partial charge in [-0.2, -0.15) is 0 Å². The zero-order valence-electron chi connectivity index (χ0n) is 13.4. The smallest absolute Gasteiger partial charge is 0.222 e. The normalized spacial score (nSPS) is 28.4. The molecule has 0 aliphatic carbocycles. The lowest BCUT2D eigenvalue weighted by atomic mass is 9.95. The molecule has 1 amide bonds. The van der Waals surface area contributed by atoms with Crippen LogP contribution in [0.15, 0.2) is 0 Å². The Morgan fingerprint density at radius 3 is 2.43 bits per heavy atom. The summed E-state index contributed by atoms with van der Waals surface area (Å²) in [6, 6.07) is 0. The number of nitrogens with zero attached hydrogens (tertiary/aromatic N) is 2. The largest absolute Gasteiger partial charge is 0.343 e. The van der Waals surface area contributed by atoms with Crippen LogP contribution in [0.1, 0.15) is 44.9 Å². The Bertz CT molecular complexity index is 327. The molecule has 21 heavy (non-hydrogen) atoms. The third-order valence-corrected chi connectivity index (χ3v) is 5.61. The molecule has 3 rings (SSSR count). The Hall–Kier alpha value is -0.610. The van der Waals surface area contributed by atoms with E-state index < -0.39 is 0 Å². The van der Waals surface area contributed by atoms with E-state index in [9.17, 15) is 4.79 Å². The second-order valence-corrected chi connectivity index (χ2v) is 7.23. The highest BCUT2D eigenvalue weighted by Gasteiger charge is 2.25. The summed E-state index contributed by atoms with van der Waals surface area (Å²) in [5, 5.41) is 3.39. The van der Waals surface area contributed by atoms with Crippen LogP contribution in [0.2, 0.25) is 0 Å². The number of likely N-dealkylation sites (tertiary alicyclic amines) is 2. The first kappa shape index (κ1) is 15.3. The van der Waals surface area contributed by atoms with Crippen LogP contribution in [-0.4, -0.2) is 61.5 Å². The molecule has 0 aromatic heterocycles. The maximum absolute atomic E-state index is 12.3. The minimum absolute atomic E-state index is 0.404. The van der Waals surface area contributed by atoms with Crippen molar-refractivity contribution in [1.82, 2.24) is 15.1 Å². The van der Waals surface area contributed by atoms with Crippen LogP contribution < -0.4 is 5.32 Å². The first-order valence-corrected chi connectivity index (χ1v) is 9.02. The summed E-state index contributed by atoms with van der Waals surface area (Å²) in [5.41, 5.74) is 0. The van der Waals surface area contributed by atoms with Crippen molar-refractivity contribution >= 4 is 5.91 Å². The maximum atomic E-state index is 12.3. The molecule has 0 aromatic carbocycles. The summed E-state index contributed by atoms with van der Waals surface area (Å²) < 4.78 is 0. The molecule has 1 N–H and O–H groups in total. The Balaban J connectivity index is 1.33. The number of carbonyl (C=O) groups is 1. The zero-order chi connectivity index (χ0) is 14.5. The molecule has 0 aromatic rings. The Morgan fingerprint density at radius 2 is 1.76 bits per heavy atom. The van der Waals surface area contributed by atoms with Crippen molar-refractivity contribution in [2.45, 2.75) is 44.9 Å². The lowest BCUT2D eigenvalue weighted by molar-refractivity contribution is -0.132. The molecule has 0 bridgehead atoms. The summed E-state index contributed by atoms with van der Waals surface area (Å²) in [6.45, 7) is 8.13. The summed E-state index contributed by atoms with van der Waals surface area (Å²) in [7, 11) is 0. The minimum Gasteiger partial charge on any atom is -0.343 e. The van der Waals surface area contributed by atoms with Gasteiger partial charge < -0.3 is 15.1 Å². The van der Waals surface area contributed by atoms with Gasteiger partial charge in [-0.05, 0) is 76.5 Å². The van der Waals surface area contributed by atoms with Gasteiger partial charge in [0.1, 0.15) is 0 Å². The average Bonchev–Trinajstić information content (AvgIpc) is 3.19. The van der Waals surface area contributed by atoms with E-state index in [0.29, 0.717) is 5.91 Å². The molecular formula is C17H31N3O. The third-order valence-electron chi connectivity index (χ3n) is 5.61. The topological polar surface area (TPSA) is 35.6 Å². The van der Waals surface area contributed by atoms with E-state index in [4.69, 9.17) is 0 Å². The molecule has 0 radical (unpaired) electrons. The summed E-state index contributed by atoms with van der Waals surface area (Å²) >= 11 is 0. The van der Waals surface area contributed by atoms with E-state index in [1.54, 1.807) is 0 Å². The standard InChI is InChI=1S/C17H31N3O/c21-17(4-3-15-5-8-18-13-15)20-11-6-16(7-12-20)14-19-9-1-2-10-19/h15-16,18H,1-14H2. The number of carbonyl (C=O) groups excluding carboxylic acids is 1. The van der Waals surface area contributed by atoms with Crippen LogP contribution in [0, 0.1) is 11.8 Å². The lowest BCUT2D eigenvalue weighted by Crippen LogP contribution is -2.41. The van der Waals surface area contributed by atoms with E-state index in [0.717, 1.165) is 50.9 Å². The van der Waals surface area contributed by atoms with Gasteiger partial charge >= 0.3 is 0 Å². The second-order valence-electron chi connectivity index (χ2n) is 7.23. The number of rotatable bonds is 5. The molecule has 4 nitrogen and oxygen atoms in total. The fraction of sp³-hybridized carbons (Fsp3) is 0.941. The van der Waals surface area contributed by atoms with Gasteiger partial charge in [0.25, 0.3) is 0 Å². The average molecular weight is 293 g/mol. The van der Waals surface area contributed by atoms with Gasteiger partial charge in [-0.1, -0.05) is 0 Å². The van der Waals surface area contributed by atoms with Crippen LogP contribution in [-0.2, 0) is 4.79 Å². The highest BCUT2D eigenvalue weighted by atomic mass is 16.2. The fourth-order valence-corrected chi connectivity index (χ4v) is 4.14. The van der Waals surface area contributed by atoms with Gasteiger partial charge in [0.2, 0.25) is 5.91 Å². The molecule has 4 heteroatoms. The van der Waals surface area contributed by atoms with Gasteiger partial charge in [0, 0.05) is 26.1 Å². The van der Waals surface area contributed by atoms with E-state index >= 15 is 0 Å². The molecule has 1 atom stereocenters. The Morgan fingerprint density at radius 1 is 1.00 bits per heavy atom. The summed E-state index contributed by atoms with van der Waals surface area (Å²) in [4.78, 5) is 17.0. The maximum Gasteiger partial charge on any atom is 0.222 e. The molecule has 1 unspecified atom stereocenters. The lowest BCUT2D eigenvalue weighted by Gasteiger charge is -2.34. The second kappa shape index (κ2) is 7.59. The first-order chi connectivity index (χ1) is 10.3. The quantitative estimate of drug-likeness (QED) is 0.838. The van der Waals surface area contributed by atoms with E-state index in [1.807, 2.05) is 0 Å². The van der Waals surface area contributed by atoms with Crippen molar-refractivity contribution in [3.05, 3.63) is 0 Å². The van der Waals surface area contributed by atoms with Crippen LogP contribution in [0.5, 0.6) is 0 Å². The molecule has 3 fully saturated rings. The van der Waals surface area contributed by atoms with Gasteiger partial charge in [-0.25, -0.2) is 0 Å². The van der Waals surface area contributed by atoms with Crippen LogP contribution in [0.3, 0.4) is 0 Å². The first-order valence-electron chi connectivity index (χ1n) is 9.02. The molecule has 3 saturated heterocycles. The van der Waals surface area contributed by atoms with Crippen molar-refractivity contribution in [2.75, 3.05) is 45.8 Å². The number of hydrogen-bond acceptors (Lipinski definition) is 3. The number of piperidine rings is 1. The monoisotopic (exact) mass is 293 g/mol. The van der Waals surface area contributed by atoms with Crippen molar-refractivity contribution in [1.29, 1.82) is 0 Å². The Labute approximate surface area is 129 Å². The minimum atomic E-state index is 0.404. The predicted molar refractivity (Wildman–Crippen MR) is 85.2 cm³/mol. The van der Waals surface area contributed by atoms with Crippen molar-refractivity contribution in [3.8, 4) is 0 Å². The molecule has 0 spiro atoms.